The molecule has 0 spiro atoms. The largest absolute Gasteiger partial charge is 0.381 e. The van der Waals surface area contributed by atoms with Gasteiger partial charge in [-0.25, -0.2) is 0 Å². The molecule has 5 nitrogen and oxygen atoms in total. The van der Waals surface area contributed by atoms with Crippen molar-refractivity contribution in [3.05, 3.63) is 29.3 Å². The zero-order valence-electron chi connectivity index (χ0n) is 13.2. The van der Waals surface area contributed by atoms with Crippen molar-refractivity contribution in [2.45, 2.75) is 37.7 Å². The number of nitrogens with zero attached hydrogens (tertiary/aromatic N) is 1. The van der Waals surface area contributed by atoms with E-state index in [1.54, 1.807) is 7.11 Å². The first-order valence-corrected chi connectivity index (χ1v) is 8.02. The summed E-state index contributed by atoms with van der Waals surface area (Å²) in [4.78, 5) is 4.48. The molecule has 1 fully saturated rings. The number of methoxy groups -OCH3 is 1. The van der Waals surface area contributed by atoms with Crippen LogP contribution >= 0.6 is 0 Å². The number of aliphatic imine (C=N–C) groups is 1. The first-order chi connectivity index (χ1) is 10.7. The molecule has 5 heteroatoms. The summed E-state index contributed by atoms with van der Waals surface area (Å²) in [6.07, 6.45) is 5.32. The summed E-state index contributed by atoms with van der Waals surface area (Å²) in [5.74, 6) is 0.445. The van der Waals surface area contributed by atoms with Gasteiger partial charge in [-0.15, -0.1) is 0 Å². The standard InChI is InChI=1S/C17H25N3O2/c1-21-17(7-9-22-10-8-17)12-19-16(18)20-15-6-5-13-3-2-4-14(13)11-15/h5-6,11H,2-4,7-10,12H2,1H3,(H3,18,19,20). The van der Waals surface area contributed by atoms with E-state index in [0.29, 0.717) is 12.5 Å². The molecule has 3 rings (SSSR count). The second-order valence-corrected chi connectivity index (χ2v) is 6.16. The second kappa shape index (κ2) is 6.67. The molecular formula is C17H25N3O2. The van der Waals surface area contributed by atoms with Crippen LogP contribution in [0, 0.1) is 0 Å². The summed E-state index contributed by atoms with van der Waals surface area (Å²) >= 11 is 0. The first kappa shape index (κ1) is 15.3. The maximum absolute atomic E-state index is 6.03. The third kappa shape index (κ3) is 3.42. The van der Waals surface area contributed by atoms with Gasteiger partial charge >= 0.3 is 0 Å². The van der Waals surface area contributed by atoms with E-state index in [1.165, 1.54) is 24.0 Å². The van der Waals surface area contributed by atoms with Crippen LogP contribution in [0.3, 0.4) is 0 Å². The molecule has 0 bridgehead atoms. The molecule has 0 unspecified atom stereocenters. The van der Waals surface area contributed by atoms with E-state index < -0.39 is 0 Å². The SMILES string of the molecule is COC1(CN=C(N)Nc2ccc3c(c2)CCC3)CCOCC1. The van der Waals surface area contributed by atoms with Crippen molar-refractivity contribution in [1.82, 2.24) is 0 Å². The molecule has 1 aliphatic carbocycles. The predicted octanol–water partition coefficient (Wildman–Crippen LogP) is 2.10. The number of nitrogens with one attached hydrogen (secondary N) is 1. The highest BCUT2D eigenvalue weighted by molar-refractivity contribution is 5.92. The fraction of sp³-hybridized carbons (Fsp3) is 0.588. The topological polar surface area (TPSA) is 68.9 Å². The summed E-state index contributed by atoms with van der Waals surface area (Å²) in [6, 6.07) is 6.45. The lowest BCUT2D eigenvalue weighted by molar-refractivity contribution is -0.0828. The van der Waals surface area contributed by atoms with Gasteiger partial charge in [-0.05, 0) is 42.5 Å². The number of benzene rings is 1. The molecule has 0 atom stereocenters. The van der Waals surface area contributed by atoms with Gasteiger partial charge in [0.1, 0.15) is 0 Å². The number of aryl methyl sites for hydroxylation is 2. The number of anilines is 1. The number of hydrogen-bond donors (Lipinski definition) is 2. The molecule has 1 aromatic carbocycles. The van der Waals surface area contributed by atoms with Crippen LogP contribution in [0.5, 0.6) is 0 Å². The fourth-order valence-corrected chi connectivity index (χ4v) is 3.24. The molecule has 120 valence electrons. The minimum absolute atomic E-state index is 0.234. The van der Waals surface area contributed by atoms with E-state index in [2.05, 4.69) is 28.5 Å². The summed E-state index contributed by atoms with van der Waals surface area (Å²) in [7, 11) is 1.74. The summed E-state index contributed by atoms with van der Waals surface area (Å²) in [5, 5.41) is 3.19. The van der Waals surface area contributed by atoms with Gasteiger partial charge in [0.2, 0.25) is 0 Å². The van der Waals surface area contributed by atoms with Crippen LogP contribution < -0.4 is 11.1 Å². The van der Waals surface area contributed by atoms with Crippen molar-refractivity contribution >= 4 is 11.6 Å². The molecule has 1 heterocycles. The summed E-state index contributed by atoms with van der Waals surface area (Å²) in [5.41, 5.74) is 9.70. The highest BCUT2D eigenvalue weighted by Crippen LogP contribution is 2.26. The van der Waals surface area contributed by atoms with Crippen LogP contribution in [-0.4, -0.2) is 38.4 Å². The van der Waals surface area contributed by atoms with E-state index in [9.17, 15) is 0 Å². The van der Waals surface area contributed by atoms with Gasteiger partial charge in [-0.3, -0.25) is 4.99 Å². The first-order valence-electron chi connectivity index (χ1n) is 8.02. The number of nitrogens with two attached hydrogens (primary N) is 1. The van der Waals surface area contributed by atoms with Gasteiger partial charge in [0.15, 0.2) is 5.96 Å². The quantitative estimate of drug-likeness (QED) is 0.660. The van der Waals surface area contributed by atoms with E-state index in [0.717, 1.165) is 38.2 Å². The monoisotopic (exact) mass is 303 g/mol. The minimum atomic E-state index is -0.234. The average Bonchev–Trinajstić information content (AvgIpc) is 3.01. The Morgan fingerprint density at radius 3 is 2.86 bits per heavy atom. The zero-order valence-corrected chi connectivity index (χ0v) is 13.2. The fourth-order valence-electron chi connectivity index (χ4n) is 3.24. The van der Waals surface area contributed by atoms with E-state index in [1.807, 2.05) is 0 Å². The molecule has 0 radical (unpaired) electrons. The van der Waals surface area contributed by atoms with Crippen LogP contribution in [-0.2, 0) is 22.3 Å². The molecule has 0 aromatic heterocycles. The Bertz CT molecular complexity index is 551. The normalized spacial score (nSPS) is 20.7. The van der Waals surface area contributed by atoms with Crippen molar-refractivity contribution in [1.29, 1.82) is 0 Å². The lowest BCUT2D eigenvalue weighted by atomic mass is 9.94. The third-order valence-corrected chi connectivity index (χ3v) is 4.75. The maximum atomic E-state index is 6.03. The zero-order chi connectivity index (χ0) is 15.4. The van der Waals surface area contributed by atoms with Gasteiger partial charge in [0.25, 0.3) is 0 Å². The Morgan fingerprint density at radius 1 is 1.32 bits per heavy atom. The van der Waals surface area contributed by atoms with Crippen LogP contribution in [0.4, 0.5) is 5.69 Å². The number of ether oxygens (including phenoxy) is 2. The Labute approximate surface area is 131 Å². The van der Waals surface area contributed by atoms with Gasteiger partial charge < -0.3 is 20.5 Å². The summed E-state index contributed by atoms with van der Waals surface area (Å²) in [6.45, 7) is 2.01. The number of rotatable bonds is 4. The molecule has 1 saturated heterocycles. The van der Waals surface area contributed by atoms with E-state index in [-0.39, 0.29) is 5.60 Å². The Morgan fingerprint density at radius 2 is 2.09 bits per heavy atom. The molecular weight excluding hydrogens is 278 g/mol. The number of guanidine groups is 1. The third-order valence-electron chi connectivity index (χ3n) is 4.75. The maximum Gasteiger partial charge on any atom is 0.193 e. The molecule has 3 N–H and O–H groups in total. The molecule has 0 amide bonds. The van der Waals surface area contributed by atoms with Crippen molar-refractivity contribution in [2.75, 3.05) is 32.2 Å². The van der Waals surface area contributed by atoms with Crippen LogP contribution in [0.2, 0.25) is 0 Å². The van der Waals surface area contributed by atoms with Gasteiger partial charge in [-0.1, -0.05) is 6.07 Å². The van der Waals surface area contributed by atoms with Crippen molar-refractivity contribution in [3.63, 3.8) is 0 Å². The molecule has 0 saturated carbocycles. The molecule has 1 aromatic rings. The lowest BCUT2D eigenvalue weighted by Gasteiger charge is -2.34. The predicted molar refractivity (Wildman–Crippen MR) is 88.4 cm³/mol. The van der Waals surface area contributed by atoms with E-state index in [4.69, 9.17) is 15.2 Å². The molecule has 22 heavy (non-hydrogen) atoms. The minimum Gasteiger partial charge on any atom is -0.381 e. The Balaban J connectivity index is 1.62. The highest BCUT2D eigenvalue weighted by atomic mass is 16.5. The molecule has 1 aliphatic heterocycles. The van der Waals surface area contributed by atoms with Crippen LogP contribution in [0.25, 0.3) is 0 Å². The second-order valence-electron chi connectivity index (χ2n) is 6.16. The number of fused-ring (bicyclic) bond motifs is 1. The van der Waals surface area contributed by atoms with Gasteiger partial charge in [0, 0.05) is 38.9 Å². The van der Waals surface area contributed by atoms with Crippen molar-refractivity contribution in [2.24, 2.45) is 10.7 Å². The highest BCUT2D eigenvalue weighted by Gasteiger charge is 2.32. The Hall–Kier alpha value is -1.59. The van der Waals surface area contributed by atoms with Crippen LogP contribution in [0.1, 0.15) is 30.4 Å². The summed E-state index contributed by atoms with van der Waals surface area (Å²) < 4.78 is 11.1. The number of hydrogen-bond acceptors (Lipinski definition) is 3. The molecule has 2 aliphatic rings. The van der Waals surface area contributed by atoms with Crippen molar-refractivity contribution < 1.29 is 9.47 Å². The van der Waals surface area contributed by atoms with Gasteiger partial charge in [-0.2, -0.15) is 0 Å². The van der Waals surface area contributed by atoms with E-state index >= 15 is 0 Å². The average molecular weight is 303 g/mol. The lowest BCUT2D eigenvalue weighted by Crippen LogP contribution is -2.42. The van der Waals surface area contributed by atoms with Gasteiger partial charge in [0.05, 0.1) is 12.1 Å². The van der Waals surface area contributed by atoms with Crippen molar-refractivity contribution in [3.8, 4) is 0 Å². The Kier molecular flexibility index (Phi) is 4.64. The smallest absolute Gasteiger partial charge is 0.193 e. The van der Waals surface area contributed by atoms with Crippen LogP contribution in [0.15, 0.2) is 23.2 Å².